The largest absolute Gasteiger partial charge is 0.287 e. The third-order valence-corrected chi connectivity index (χ3v) is 10.4. The first-order chi connectivity index (χ1) is 17.0. The second kappa shape index (κ2) is 21.4. The summed E-state index contributed by atoms with van der Waals surface area (Å²) in [6, 6.07) is 6.97. The summed E-state index contributed by atoms with van der Waals surface area (Å²) < 4.78 is 28.9. The van der Waals surface area contributed by atoms with Crippen LogP contribution in [0.4, 0.5) is 0 Å². The van der Waals surface area contributed by atoms with Gasteiger partial charge in [-0.3, -0.25) is 0 Å². The molecule has 35 heavy (non-hydrogen) atoms. The SMILES string of the molecule is CCCCCCCCCCCCCCCCCCCCCC/S(C)=N/S(=O)(=O)c1ccc(C)cc1. The van der Waals surface area contributed by atoms with E-state index in [2.05, 4.69) is 10.7 Å². The second-order valence-electron chi connectivity index (χ2n) is 10.4. The Morgan fingerprint density at radius 1 is 0.600 bits per heavy atom. The second-order valence-corrected chi connectivity index (χ2v) is 14.0. The highest BCUT2D eigenvalue weighted by molar-refractivity contribution is 7.99. The Morgan fingerprint density at radius 2 is 0.943 bits per heavy atom. The van der Waals surface area contributed by atoms with Crippen LogP contribution in [-0.2, 0) is 20.7 Å². The maximum atomic E-state index is 12.4. The van der Waals surface area contributed by atoms with Gasteiger partial charge in [0.05, 0.1) is 4.90 Å². The summed E-state index contributed by atoms with van der Waals surface area (Å²) in [4.78, 5) is 0.311. The summed E-state index contributed by atoms with van der Waals surface area (Å²) in [5.41, 5.74) is 1.06. The van der Waals surface area contributed by atoms with Gasteiger partial charge in [0.15, 0.2) is 0 Å². The number of hydrogen-bond donors (Lipinski definition) is 0. The first-order valence-corrected chi connectivity index (χ1v) is 17.8. The zero-order chi connectivity index (χ0) is 25.6. The molecule has 0 saturated carbocycles. The highest BCUT2D eigenvalue weighted by Gasteiger charge is 2.12. The topological polar surface area (TPSA) is 46.5 Å². The molecule has 3 nitrogen and oxygen atoms in total. The van der Waals surface area contributed by atoms with Gasteiger partial charge in [0.25, 0.3) is 10.0 Å². The third kappa shape index (κ3) is 18.2. The van der Waals surface area contributed by atoms with E-state index >= 15 is 0 Å². The molecule has 0 bridgehead atoms. The Kier molecular flexibility index (Phi) is 19.8. The zero-order valence-corrected chi connectivity index (χ0v) is 24.9. The molecule has 1 atom stereocenters. The number of nitrogens with zero attached hydrogens (tertiary/aromatic N) is 1. The quantitative estimate of drug-likeness (QED) is 0.133. The van der Waals surface area contributed by atoms with E-state index in [1.54, 1.807) is 12.1 Å². The lowest BCUT2D eigenvalue weighted by atomic mass is 10.0. The number of benzene rings is 1. The highest BCUT2D eigenvalue weighted by Crippen LogP contribution is 2.16. The molecular formula is C30H55NO2S2. The first-order valence-electron chi connectivity index (χ1n) is 14.6. The van der Waals surface area contributed by atoms with E-state index in [1.807, 2.05) is 25.3 Å². The monoisotopic (exact) mass is 525 g/mol. The number of unbranched alkanes of at least 4 members (excludes halogenated alkanes) is 19. The third-order valence-electron chi connectivity index (χ3n) is 6.84. The minimum atomic E-state index is -3.51. The van der Waals surface area contributed by atoms with Crippen molar-refractivity contribution in [2.24, 2.45) is 3.77 Å². The summed E-state index contributed by atoms with van der Waals surface area (Å²) in [5.74, 6) is 0.879. The fraction of sp³-hybridized carbons (Fsp3) is 0.800. The van der Waals surface area contributed by atoms with Crippen molar-refractivity contribution < 1.29 is 8.42 Å². The van der Waals surface area contributed by atoms with E-state index < -0.39 is 20.7 Å². The average molecular weight is 526 g/mol. The standard InChI is InChI=1S/C30H55NO2S2/c1-4-5-6-7-8-9-10-11-12-13-14-15-16-17-18-19-20-21-22-23-28-34(3)31-35(32,33)30-26-24-29(2)25-27-30/h24-27H,4-23,28H2,1-3H3. The molecule has 0 aliphatic heterocycles. The Morgan fingerprint density at radius 3 is 1.31 bits per heavy atom. The summed E-state index contributed by atoms with van der Waals surface area (Å²) in [7, 11) is -3.94. The molecule has 1 unspecified atom stereocenters. The van der Waals surface area contributed by atoms with Gasteiger partial charge < -0.3 is 0 Å². The van der Waals surface area contributed by atoms with E-state index in [-0.39, 0.29) is 0 Å². The molecule has 1 rings (SSSR count). The lowest BCUT2D eigenvalue weighted by Crippen LogP contribution is -2.02. The lowest BCUT2D eigenvalue weighted by molar-refractivity contribution is 0.523. The maximum Gasteiger partial charge on any atom is 0.287 e. The van der Waals surface area contributed by atoms with Crippen LogP contribution in [0.1, 0.15) is 141 Å². The molecule has 0 fully saturated rings. The number of sulfonamides is 1. The van der Waals surface area contributed by atoms with E-state index in [1.165, 1.54) is 122 Å². The van der Waals surface area contributed by atoms with E-state index in [4.69, 9.17) is 0 Å². The van der Waals surface area contributed by atoms with Gasteiger partial charge in [0.1, 0.15) is 0 Å². The molecule has 0 heterocycles. The highest BCUT2D eigenvalue weighted by atomic mass is 32.3. The van der Waals surface area contributed by atoms with Gasteiger partial charge in [-0.1, -0.05) is 157 Å². The molecule has 0 aromatic heterocycles. The van der Waals surface area contributed by atoms with Crippen molar-refractivity contribution in [1.29, 1.82) is 0 Å². The molecule has 0 N–H and O–H groups in total. The first kappa shape index (κ1) is 32.3. The van der Waals surface area contributed by atoms with Crippen molar-refractivity contribution in [2.75, 3.05) is 12.0 Å². The fourth-order valence-electron chi connectivity index (χ4n) is 4.52. The van der Waals surface area contributed by atoms with Crippen LogP contribution in [0, 0.1) is 6.92 Å². The van der Waals surface area contributed by atoms with Crippen molar-refractivity contribution >= 4 is 20.7 Å². The number of rotatable bonds is 23. The Bertz CT molecular complexity index is 757. The van der Waals surface area contributed by atoms with Crippen LogP contribution >= 0.6 is 0 Å². The molecule has 1 aromatic rings. The molecule has 204 valence electrons. The molecular weight excluding hydrogens is 470 g/mol. The van der Waals surface area contributed by atoms with Gasteiger partial charge in [-0.15, -0.1) is 3.77 Å². The van der Waals surface area contributed by atoms with E-state index in [0.717, 1.165) is 17.7 Å². The summed E-state index contributed by atoms with van der Waals surface area (Å²) in [6.45, 7) is 4.24. The maximum absolute atomic E-state index is 12.4. The molecule has 0 saturated heterocycles. The smallest absolute Gasteiger partial charge is 0.199 e. The number of hydrogen-bond acceptors (Lipinski definition) is 2. The van der Waals surface area contributed by atoms with Crippen LogP contribution in [0.3, 0.4) is 0 Å². The Hall–Kier alpha value is -0.680. The van der Waals surface area contributed by atoms with Crippen molar-refractivity contribution in [3.63, 3.8) is 0 Å². The van der Waals surface area contributed by atoms with Crippen molar-refractivity contribution in [2.45, 2.75) is 147 Å². The fourth-order valence-corrected chi connectivity index (χ4v) is 7.61. The van der Waals surface area contributed by atoms with Gasteiger partial charge in [-0.05, 0) is 31.7 Å². The van der Waals surface area contributed by atoms with Crippen LogP contribution in [0.2, 0.25) is 0 Å². The van der Waals surface area contributed by atoms with Gasteiger partial charge in [-0.2, -0.15) is 8.42 Å². The lowest BCUT2D eigenvalue weighted by Gasteiger charge is -2.05. The summed E-state index contributed by atoms with van der Waals surface area (Å²) >= 11 is 0. The summed E-state index contributed by atoms with van der Waals surface area (Å²) in [6.07, 6.45) is 29.5. The zero-order valence-electron chi connectivity index (χ0n) is 23.2. The molecule has 0 radical (unpaired) electrons. The van der Waals surface area contributed by atoms with Gasteiger partial charge in [-0.25, -0.2) is 0 Å². The predicted octanol–water partition coefficient (Wildman–Crippen LogP) is 9.94. The minimum absolute atomic E-state index is 0.311. The number of aryl methyl sites for hydroxylation is 1. The molecule has 5 heteroatoms. The molecule has 1 aromatic carbocycles. The summed E-state index contributed by atoms with van der Waals surface area (Å²) in [5, 5.41) is 0. The minimum Gasteiger partial charge on any atom is -0.199 e. The molecule has 0 aliphatic carbocycles. The van der Waals surface area contributed by atoms with Crippen LogP contribution in [-0.4, -0.2) is 20.4 Å². The predicted molar refractivity (Wildman–Crippen MR) is 157 cm³/mol. The average Bonchev–Trinajstić information content (AvgIpc) is 2.82. The Balaban J connectivity index is 1.88. The van der Waals surface area contributed by atoms with E-state index in [9.17, 15) is 8.42 Å². The molecule has 0 amide bonds. The van der Waals surface area contributed by atoms with Crippen molar-refractivity contribution in [3.05, 3.63) is 29.8 Å². The van der Waals surface area contributed by atoms with Gasteiger partial charge in [0.2, 0.25) is 0 Å². The van der Waals surface area contributed by atoms with Gasteiger partial charge >= 0.3 is 0 Å². The van der Waals surface area contributed by atoms with Crippen LogP contribution in [0.15, 0.2) is 32.9 Å². The van der Waals surface area contributed by atoms with Crippen LogP contribution in [0.25, 0.3) is 0 Å². The van der Waals surface area contributed by atoms with E-state index in [0.29, 0.717) is 4.90 Å². The van der Waals surface area contributed by atoms with Crippen LogP contribution < -0.4 is 0 Å². The van der Waals surface area contributed by atoms with Gasteiger partial charge in [0, 0.05) is 5.75 Å². The van der Waals surface area contributed by atoms with Crippen LogP contribution in [0.5, 0.6) is 0 Å². The van der Waals surface area contributed by atoms with Crippen molar-refractivity contribution in [1.82, 2.24) is 0 Å². The normalized spacial score (nSPS) is 12.9. The Labute approximate surface area is 221 Å². The molecule has 0 aliphatic rings. The van der Waals surface area contributed by atoms with Crippen molar-refractivity contribution in [3.8, 4) is 0 Å². The molecule has 0 spiro atoms.